The number of rotatable bonds is 6. The van der Waals surface area contributed by atoms with E-state index in [1.165, 1.54) is 16.0 Å². The summed E-state index contributed by atoms with van der Waals surface area (Å²) in [7, 11) is 0. The monoisotopic (exact) mass is 502 g/mol. The van der Waals surface area contributed by atoms with Crippen LogP contribution in [0.1, 0.15) is 15.4 Å². The summed E-state index contributed by atoms with van der Waals surface area (Å²) in [4.78, 5) is 53.4. The van der Waals surface area contributed by atoms with Crippen LogP contribution in [-0.2, 0) is 4.79 Å². The third-order valence-electron chi connectivity index (χ3n) is 5.33. The SMILES string of the molecule is O=C(NCCN1C(=O)SC(=Cc2cccs2)C1=O)c1nn(-c2ccccc2)c(=O)c2ccccc12. The lowest BCUT2D eigenvalue weighted by atomic mass is 10.1. The Labute approximate surface area is 207 Å². The molecule has 0 radical (unpaired) electrons. The molecule has 1 N–H and O–H groups in total. The van der Waals surface area contributed by atoms with Crippen LogP contribution in [0.3, 0.4) is 0 Å². The molecule has 4 aromatic rings. The maximum Gasteiger partial charge on any atom is 0.293 e. The summed E-state index contributed by atoms with van der Waals surface area (Å²) < 4.78 is 1.20. The Hall–Kier alpha value is -4.02. The summed E-state index contributed by atoms with van der Waals surface area (Å²) in [5.74, 6) is -0.893. The molecule has 0 spiro atoms. The summed E-state index contributed by atoms with van der Waals surface area (Å²) in [6.07, 6.45) is 1.69. The van der Waals surface area contributed by atoms with Gasteiger partial charge in [-0.3, -0.25) is 24.1 Å². The molecule has 35 heavy (non-hydrogen) atoms. The van der Waals surface area contributed by atoms with Gasteiger partial charge in [-0.15, -0.1) is 11.3 Å². The van der Waals surface area contributed by atoms with Crippen molar-refractivity contribution < 1.29 is 14.4 Å². The molecule has 1 saturated heterocycles. The zero-order valence-electron chi connectivity index (χ0n) is 18.2. The molecule has 1 aliphatic heterocycles. The summed E-state index contributed by atoms with van der Waals surface area (Å²) in [5, 5.41) is 9.36. The number of para-hydroxylation sites is 1. The van der Waals surface area contributed by atoms with Crippen molar-refractivity contribution in [2.45, 2.75) is 0 Å². The van der Waals surface area contributed by atoms with Gasteiger partial charge in [0, 0.05) is 23.4 Å². The average molecular weight is 503 g/mol. The quantitative estimate of drug-likeness (QED) is 0.401. The van der Waals surface area contributed by atoms with Crippen LogP contribution in [0.15, 0.2) is 81.8 Å². The van der Waals surface area contributed by atoms with E-state index < -0.39 is 5.91 Å². The van der Waals surface area contributed by atoms with E-state index in [0.717, 1.165) is 21.5 Å². The number of fused-ring (bicyclic) bond motifs is 1. The number of benzene rings is 2. The molecule has 0 atom stereocenters. The Morgan fingerprint density at radius 1 is 0.943 bits per heavy atom. The van der Waals surface area contributed by atoms with E-state index in [-0.39, 0.29) is 35.5 Å². The maximum absolute atomic E-state index is 13.1. The first-order valence-electron chi connectivity index (χ1n) is 10.7. The van der Waals surface area contributed by atoms with E-state index in [1.807, 2.05) is 23.6 Å². The molecular formula is C25H18N4O4S2. The van der Waals surface area contributed by atoms with Crippen molar-refractivity contribution in [3.05, 3.63) is 97.9 Å². The lowest BCUT2D eigenvalue weighted by Gasteiger charge is -2.14. The molecule has 174 valence electrons. The van der Waals surface area contributed by atoms with E-state index in [4.69, 9.17) is 0 Å². The lowest BCUT2D eigenvalue weighted by Crippen LogP contribution is -2.38. The Bertz CT molecular complexity index is 1530. The van der Waals surface area contributed by atoms with Gasteiger partial charge in [-0.1, -0.05) is 42.5 Å². The van der Waals surface area contributed by atoms with Gasteiger partial charge in [0.05, 0.1) is 16.0 Å². The zero-order chi connectivity index (χ0) is 24.4. The second-order valence-electron chi connectivity index (χ2n) is 7.55. The number of hydrogen-bond donors (Lipinski definition) is 1. The first kappa shape index (κ1) is 22.8. The highest BCUT2D eigenvalue weighted by Gasteiger charge is 2.34. The molecule has 0 unspecified atom stereocenters. The van der Waals surface area contributed by atoms with Gasteiger partial charge in [0.1, 0.15) is 0 Å². The highest BCUT2D eigenvalue weighted by atomic mass is 32.2. The van der Waals surface area contributed by atoms with Gasteiger partial charge in [-0.2, -0.15) is 9.78 Å². The highest BCUT2D eigenvalue weighted by molar-refractivity contribution is 8.18. The van der Waals surface area contributed by atoms with E-state index >= 15 is 0 Å². The van der Waals surface area contributed by atoms with E-state index in [0.29, 0.717) is 21.4 Å². The van der Waals surface area contributed by atoms with Crippen molar-refractivity contribution in [2.24, 2.45) is 0 Å². The first-order chi connectivity index (χ1) is 17.0. The number of imide groups is 1. The fraction of sp³-hybridized carbons (Fsp3) is 0.0800. The normalized spacial score (nSPS) is 14.7. The molecule has 5 rings (SSSR count). The average Bonchev–Trinajstić information content (AvgIpc) is 3.48. The third kappa shape index (κ3) is 4.53. The topological polar surface area (TPSA) is 101 Å². The van der Waals surface area contributed by atoms with Crippen LogP contribution in [0.2, 0.25) is 0 Å². The number of hydrogen-bond acceptors (Lipinski definition) is 7. The Morgan fingerprint density at radius 2 is 1.69 bits per heavy atom. The van der Waals surface area contributed by atoms with Gasteiger partial charge in [0.25, 0.3) is 22.6 Å². The number of nitrogens with one attached hydrogen (secondary N) is 1. The number of aromatic nitrogens is 2. The van der Waals surface area contributed by atoms with Crippen molar-refractivity contribution in [3.8, 4) is 5.69 Å². The minimum Gasteiger partial charge on any atom is -0.349 e. The third-order valence-corrected chi connectivity index (χ3v) is 7.06. The fourth-order valence-corrected chi connectivity index (χ4v) is 5.25. The summed E-state index contributed by atoms with van der Waals surface area (Å²) >= 11 is 2.36. The van der Waals surface area contributed by atoms with Gasteiger partial charge in [-0.05, 0) is 47.5 Å². The molecule has 0 aliphatic carbocycles. The minimum absolute atomic E-state index is 0.0223. The van der Waals surface area contributed by atoms with Crippen LogP contribution >= 0.6 is 23.1 Å². The minimum atomic E-state index is -0.507. The lowest BCUT2D eigenvalue weighted by molar-refractivity contribution is -0.122. The predicted molar refractivity (Wildman–Crippen MR) is 137 cm³/mol. The van der Waals surface area contributed by atoms with Crippen LogP contribution in [-0.4, -0.2) is 44.8 Å². The van der Waals surface area contributed by atoms with Gasteiger partial charge in [-0.25, -0.2) is 0 Å². The molecule has 2 aromatic heterocycles. The molecule has 1 fully saturated rings. The summed E-state index contributed by atoms with van der Waals surface area (Å²) in [5.41, 5.74) is 0.280. The maximum atomic E-state index is 13.1. The van der Waals surface area contributed by atoms with Gasteiger partial charge in [0.15, 0.2) is 5.69 Å². The molecule has 8 nitrogen and oxygen atoms in total. The first-order valence-corrected chi connectivity index (χ1v) is 12.4. The van der Waals surface area contributed by atoms with Crippen molar-refractivity contribution >= 4 is 57.0 Å². The Kier molecular flexibility index (Phi) is 6.30. The number of thiophene rings is 1. The molecule has 2 aromatic carbocycles. The highest BCUT2D eigenvalue weighted by Crippen LogP contribution is 2.32. The van der Waals surface area contributed by atoms with Gasteiger partial charge in [0.2, 0.25) is 0 Å². The Morgan fingerprint density at radius 3 is 2.43 bits per heavy atom. The van der Waals surface area contributed by atoms with E-state index in [2.05, 4.69) is 10.4 Å². The smallest absolute Gasteiger partial charge is 0.293 e. The second-order valence-corrected chi connectivity index (χ2v) is 9.52. The summed E-state index contributed by atoms with van der Waals surface area (Å²) in [6.45, 7) is 0.0675. The van der Waals surface area contributed by atoms with Crippen molar-refractivity contribution in [1.29, 1.82) is 0 Å². The standard InChI is InChI=1S/C25H18N4O4S2/c30-22(26-12-13-28-24(32)20(35-25(28)33)15-17-9-6-14-34-17)21-18-10-4-5-11-19(18)23(31)29(27-21)16-7-2-1-3-8-16/h1-11,14-15H,12-13H2,(H,26,30). The summed E-state index contributed by atoms with van der Waals surface area (Å²) in [6, 6.07) is 19.3. The number of amides is 3. The molecule has 10 heteroatoms. The van der Waals surface area contributed by atoms with Crippen molar-refractivity contribution in [3.63, 3.8) is 0 Å². The molecule has 0 bridgehead atoms. The predicted octanol–water partition coefficient (Wildman–Crippen LogP) is 3.91. The van der Waals surface area contributed by atoms with Gasteiger partial charge < -0.3 is 5.32 Å². The molecule has 1 aliphatic rings. The fourth-order valence-electron chi connectivity index (χ4n) is 3.66. The number of nitrogens with zero attached hydrogens (tertiary/aromatic N) is 3. The Balaban J connectivity index is 1.35. The van der Waals surface area contributed by atoms with E-state index in [9.17, 15) is 19.2 Å². The number of carbonyl (C=O) groups is 3. The van der Waals surface area contributed by atoms with E-state index in [1.54, 1.807) is 54.6 Å². The second kappa shape index (κ2) is 9.69. The molecule has 0 saturated carbocycles. The van der Waals surface area contributed by atoms with Crippen LogP contribution in [0.5, 0.6) is 0 Å². The molecular weight excluding hydrogens is 484 g/mol. The van der Waals surface area contributed by atoms with Crippen LogP contribution in [0.25, 0.3) is 22.5 Å². The zero-order valence-corrected chi connectivity index (χ0v) is 19.8. The number of carbonyl (C=O) groups excluding carboxylic acids is 3. The molecule has 3 amide bonds. The molecule has 3 heterocycles. The largest absolute Gasteiger partial charge is 0.349 e. The van der Waals surface area contributed by atoms with Crippen molar-refractivity contribution in [1.82, 2.24) is 20.0 Å². The van der Waals surface area contributed by atoms with Gasteiger partial charge >= 0.3 is 0 Å². The van der Waals surface area contributed by atoms with Crippen molar-refractivity contribution in [2.75, 3.05) is 13.1 Å². The van der Waals surface area contributed by atoms with Crippen LogP contribution < -0.4 is 10.9 Å². The van der Waals surface area contributed by atoms with Crippen LogP contribution in [0.4, 0.5) is 4.79 Å². The number of thioether (sulfide) groups is 1. The van der Waals surface area contributed by atoms with Crippen LogP contribution in [0, 0.1) is 0 Å².